The number of halogens is 2. The van der Waals surface area contributed by atoms with Gasteiger partial charge in [0.2, 0.25) is 0 Å². The largest absolute Gasteiger partial charge is 0.465 e. The standard InChI is InChI=1S/C28H32F2N2O3/c1-18(2)10-19-8-9-25(21-6-4-3-5-7-21)22(11-19)16-31-17-27(33)26(32-28(34)35)14-20-12-23(29)15-24(30)13-20/h3-9,11-13,15,18,26-27,31-33H,10,14,16-17H2,1-2H3,(H,34,35)/t26-,27+/m0/s1. The molecule has 7 heteroatoms. The summed E-state index contributed by atoms with van der Waals surface area (Å²) in [6.45, 7) is 4.88. The molecule has 0 fully saturated rings. The van der Waals surface area contributed by atoms with Crippen LogP contribution in [0.25, 0.3) is 11.1 Å². The molecule has 2 atom stereocenters. The zero-order valence-electron chi connectivity index (χ0n) is 20.0. The molecule has 0 bridgehead atoms. The first-order chi connectivity index (χ1) is 16.7. The van der Waals surface area contributed by atoms with E-state index in [1.807, 2.05) is 30.3 Å². The van der Waals surface area contributed by atoms with Crippen LogP contribution in [0.4, 0.5) is 13.6 Å². The van der Waals surface area contributed by atoms with Crippen LogP contribution < -0.4 is 10.6 Å². The highest BCUT2D eigenvalue weighted by Gasteiger charge is 2.22. The molecule has 3 rings (SSSR count). The minimum absolute atomic E-state index is 0.0526. The Labute approximate surface area is 204 Å². The summed E-state index contributed by atoms with van der Waals surface area (Å²) in [5.74, 6) is -0.997. The maximum atomic E-state index is 13.6. The van der Waals surface area contributed by atoms with Crippen molar-refractivity contribution in [2.24, 2.45) is 5.92 Å². The lowest BCUT2D eigenvalue weighted by Crippen LogP contribution is -2.48. The second kappa shape index (κ2) is 12.4. The van der Waals surface area contributed by atoms with Crippen molar-refractivity contribution in [3.8, 4) is 11.1 Å². The van der Waals surface area contributed by atoms with Crippen molar-refractivity contribution in [2.75, 3.05) is 6.54 Å². The van der Waals surface area contributed by atoms with Gasteiger partial charge in [-0.2, -0.15) is 0 Å². The second-order valence-corrected chi connectivity index (χ2v) is 9.19. The number of nitrogens with one attached hydrogen (secondary N) is 2. The summed E-state index contributed by atoms with van der Waals surface area (Å²) in [7, 11) is 0. The van der Waals surface area contributed by atoms with Crippen molar-refractivity contribution in [2.45, 2.75) is 45.4 Å². The van der Waals surface area contributed by atoms with Crippen molar-refractivity contribution in [1.29, 1.82) is 0 Å². The minimum atomic E-state index is -1.32. The van der Waals surface area contributed by atoms with E-state index in [-0.39, 0.29) is 18.5 Å². The third-order valence-electron chi connectivity index (χ3n) is 5.72. The van der Waals surface area contributed by atoms with E-state index in [1.165, 1.54) is 5.56 Å². The fourth-order valence-electron chi connectivity index (χ4n) is 4.21. The van der Waals surface area contributed by atoms with E-state index in [0.29, 0.717) is 12.5 Å². The molecule has 3 aromatic carbocycles. The van der Waals surface area contributed by atoms with E-state index in [4.69, 9.17) is 0 Å². The van der Waals surface area contributed by atoms with Gasteiger partial charge in [0.05, 0.1) is 12.1 Å². The first-order valence-electron chi connectivity index (χ1n) is 11.7. The zero-order valence-corrected chi connectivity index (χ0v) is 20.0. The Morgan fingerprint density at radius 2 is 1.60 bits per heavy atom. The number of hydrogen-bond acceptors (Lipinski definition) is 3. The summed E-state index contributed by atoms with van der Waals surface area (Å²) in [4.78, 5) is 11.3. The van der Waals surface area contributed by atoms with Gasteiger partial charge < -0.3 is 20.8 Å². The highest BCUT2D eigenvalue weighted by atomic mass is 19.1. The molecule has 186 valence electrons. The predicted molar refractivity (Wildman–Crippen MR) is 133 cm³/mol. The van der Waals surface area contributed by atoms with Crippen molar-refractivity contribution in [3.63, 3.8) is 0 Å². The molecular formula is C28H32F2N2O3. The number of aliphatic hydroxyl groups excluding tert-OH is 1. The number of amides is 1. The van der Waals surface area contributed by atoms with Crippen molar-refractivity contribution in [1.82, 2.24) is 10.6 Å². The van der Waals surface area contributed by atoms with Crippen LogP contribution in [0.3, 0.4) is 0 Å². The molecule has 0 radical (unpaired) electrons. The molecule has 0 saturated heterocycles. The summed E-state index contributed by atoms with van der Waals surface area (Å²) in [6, 6.07) is 18.5. The van der Waals surface area contributed by atoms with Gasteiger partial charge >= 0.3 is 6.09 Å². The lowest BCUT2D eigenvalue weighted by molar-refractivity contribution is 0.117. The van der Waals surface area contributed by atoms with Gasteiger partial charge in [0.1, 0.15) is 11.6 Å². The second-order valence-electron chi connectivity index (χ2n) is 9.19. The van der Waals surface area contributed by atoms with Gasteiger partial charge in [-0.05, 0) is 58.7 Å². The number of hydrogen-bond donors (Lipinski definition) is 4. The van der Waals surface area contributed by atoms with Crippen molar-refractivity contribution >= 4 is 6.09 Å². The van der Waals surface area contributed by atoms with Gasteiger partial charge in [0.25, 0.3) is 0 Å². The van der Waals surface area contributed by atoms with E-state index >= 15 is 0 Å². The van der Waals surface area contributed by atoms with E-state index < -0.39 is 29.9 Å². The monoisotopic (exact) mass is 482 g/mol. The van der Waals surface area contributed by atoms with E-state index in [2.05, 4.69) is 42.7 Å². The molecule has 0 spiro atoms. The Balaban J connectivity index is 1.73. The van der Waals surface area contributed by atoms with Crippen molar-refractivity contribution < 1.29 is 23.8 Å². The van der Waals surface area contributed by atoms with E-state index in [9.17, 15) is 23.8 Å². The molecule has 0 aliphatic rings. The van der Waals surface area contributed by atoms with Crippen LogP contribution in [0.5, 0.6) is 0 Å². The Bertz CT molecular complexity index is 1100. The fourth-order valence-corrected chi connectivity index (χ4v) is 4.21. The van der Waals surface area contributed by atoms with Crippen LogP contribution in [0.2, 0.25) is 0 Å². The molecule has 0 heterocycles. The lowest BCUT2D eigenvalue weighted by atomic mass is 9.94. The highest BCUT2D eigenvalue weighted by molar-refractivity contribution is 5.68. The van der Waals surface area contributed by atoms with Gasteiger partial charge in [-0.25, -0.2) is 13.6 Å². The van der Waals surface area contributed by atoms with Gasteiger partial charge in [-0.15, -0.1) is 0 Å². The zero-order chi connectivity index (χ0) is 25.4. The summed E-state index contributed by atoms with van der Waals surface area (Å²) in [6.07, 6.45) is -1.54. The van der Waals surface area contributed by atoms with Crippen LogP contribution in [0.1, 0.15) is 30.5 Å². The Kier molecular flexibility index (Phi) is 9.34. The van der Waals surface area contributed by atoms with Crippen LogP contribution in [-0.4, -0.2) is 35.0 Å². The highest BCUT2D eigenvalue weighted by Crippen LogP contribution is 2.26. The normalized spacial score (nSPS) is 13.0. The van der Waals surface area contributed by atoms with Gasteiger partial charge in [0, 0.05) is 19.2 Å². The quantitative estimate of drug-likeness (QED) is 0.304. The molecule has 1 amide bonds. The predicted octanol–water partition coefficient (Wildman–Crippen LogP) is 5.16. The van der Waals surface area contributed by atoms with Crippen LogP contribution >= 0.6 is 0 Å². The Morgan fingerprint density at radius 3 is 2.23 bits per heavy atom. The number of carbonyl (C=O) groups is 1. The number of carboxylic acid groups (broad SMARTS) is 1. The molecule has 3 aromatic rings. The number of aliphatic hydroxyl groups is 1. The smallest absolute Gasteiger partial charge is 0.404 e. The van der Waals surface area contributed by atoms with Crippen LogP contribution in [0, 0.1) is 17.6 Å². The fraction of sp³-hybridized carbons (Fsp3) is 0.321. The molecule has 0 aliphatic carbocycles. The summed E-state index contributed by atoms with van der Waals surface area (Å²) < 4.78 is 27.1. The first kappa shape index (κ1) is 26.3. The van der Waals surface area contributed by atoms with Gasteiger partial charge in [0.15, 0.2) is 0 Å². The maximum Gasteiger partial charge on any atom is 0.404 e. The average Bonchev–Trinajstić information content (AvgIpc) is 2.78. The van der Waals surface area contributed by atoms with Gasteiger partial charge in [-0.3, -0.25) is 0 Å². The topological polar surface area (TPSA) is 81.6 Å². The summed E-state index contributed by atoms with van der Waals surface area (Å²) in [5, 5.41) is 25.4. The van der Waals surface area contributed by atoms with E-state index in [1.54, 1.807) is 0 Å². The minimum Gasteiger partial charge on any atom is -0.465 e. The molecule has 0 aliphatic heterocycles. The SMILES string of the molecule is CC(C)Cc1ccc(-c2ccccc2)c(CNC[C@@H](O)[C@H](Cc2cc(F)cc(F)c2)NC(=O)O)c1. The summed E-state index contributed by atoms with van der Waals surface area (Å²) >= 11 is 0. The van der Waals surface area contributed by atoms with Gasteiger partial charge in [-0.1, -0.05) is 62.4 Å². The molecular weight excluding hydrogens is 450 g/mol. The Hall–Kier alpha value is -3.29. The van der Waals surface area contributed by atoms with Crippen LogP contribution in [0.15, 0.2) is 66.7 Å². The van der Waals surface area contributed by atoms with Crippen molar-refractivity contribution in [3.05, 3.63) is 95.1 Å². The third kappa shape index (κ3) is 8.16. The lowest BCUT2D eigenvalue weighted by Gasteiger charge is -2.24. The van der Waals surface area contributed by atoms with Crippen LogP contribution in [-0.2, 0) is 19.4 Å². The maximum absolute atomic E-state index is 13.6. The molecule has 0 unspecified atom stereocenters. The third-order valence-corrected chi connectivity index (χ3v) is 5.72. The molecule has 5 nitrogen and oxygen atoms in total. The number of benzene rings is 3. The molecule has 4 N–H and O–H groups in total. The Morgan fingerprint density at radius 1 is 0.914 bits per heavy atom. The first-order valence-corrected chi connectivity index (χ1v) is 11.7. The average molecular weight is 483 g/mol. The number of rotatable bonds is 11. The molecule has 0 saturated carbocycles. The van der Waals surface area contributed by atoms with E-state index in [0.717, 1.165) is 41.3 Å². The summed E-state index contributed by atoms with van der Waals surface area (Å²) in [5.41, 5.74) is 4.70. The molecule has 0 aromatic heterocycles. The molecule has 35 heavy (non-hydrogen) atoms.